The van der Waals surface area contributed by atoms with Crippen molar-refractivity contribution in [2.75, 3.05) is 13.2 Å². The molecule has 0 N–H and O–H groups in total. The molecule has 0 aliphatic heterocycles. The highest BCUT2D eigenvalue weighted by Gasteiger charge is 2.23. The van der Waals surface area contributed by atoms with Crippen LogP contribution in [0, 0.1) is 10.1 Å². The zero-order valence-corrected chi connectivity index (χ0v) is 20.7. The lowest BCUT2D eigenvalue weighted by atomic mass is 9.95. The van der Waals surface area contributed by atoms with E-state index in [2.05, 4.69) is 26.0 Å². The molecule has 0 bridgehead atoms. The fourth-order valence-corrected chi connectivity index (χ4v) is 3.44. The van der Waals surface area contributed by atoms with Gasteiger partial charge in [0.25, 0.3) is 11.2 Å². The highest BCUT2D eigenvalue weighted by Crippen LogP contribution is 2.25. The molecule has 34 heavy (non-hydrogen) atoms. The summed E-state index contributed by atoms with van der Waals surface area (Å²) in [5, 5.41) is 16.0. The molecule has 2 aromatic carbocycles. The van der Waals surface area contributed by atoms with Crippen LogP contribution in [0.1, 0.15) is 39.1 Å². The number of nitrogens with zero attached hydrogens (tertiary/aromatic N) is 4. The molecule has 0 unspecified atom stereocenters. The average molecular weight is 531 g/mol. The number of aromatic nitrogens is 2. The van der Waals surface area contributed by atoms with Gasteiger partial charge in [-0.05, 0) is 31.2 Å². The molecule has 3 rings (SSSR count). The molecule has 0 amide bonds. The number of hydrogen-bond acceptors (Lipinski definition) is 8. The van der Waals surface area contributed by atoms with E-state index in [0.717, 1.165) is 0 Å². The highest BCUT2D eigenvalue weighted by molar-refractivity contribution is 9.10. The third-order valence-electron chi connectivity index (χ3n) is 4.65. The van der Waals surface area contributed by atoms with Gasteiger partial charge in [0.05, 0.1) is 28.6 Å². The Kier molecular flexibility index (Phi) is 7.45. The summed E-state index contributed by atoms with van der Waals surface area (Å²) in [6.07, 6.45) is 1.27. The Bertz CT molecular complexity index is 1340. The van der Waals surface area contributed by atoms with Crippen LogP contribution in [-0.4, -0.2) is 40.0 Å². The Hall–Kier alpha value is -3.60. The lowest BCUT2D eigenvalue weighted by Gasteiger charge is -2.21. The maximum Gasteiger partial charge on any atom is 0.344 e. The number of rotatable bonds is 7. The van der Waals surface area contributed by atoms with Crippen molar-refractivity contribution in [1.82, 2.24) is 9.66 Å². The molecule has 0 radical (unpaired) electrons. The number of esters is 1. The van der Waals surface area contributed by atoms with Crippen molar-refractivity contribution < 1.29 is 19.2 Å². The third-order valence-corrected chi connectivity index (χ3v) is 5.14. The molecule has 1 heterocycles. The predicted octanol–water partition coefficient (Wildman–Crippen LogP) is 4.19. The Morgan fingerprint density at radius 1 is 1.26 bits per heavy atom. The van der Waals surface area contributed by atoms with E-state index in [-0.39, 0.29) is 30.2 Å². The van der Waals surface area contributed by atoms with Gasteiger partial charge in [0.1, 0.15) is 11.6 Å². The number of fused-ring (bicyclic) bond motifs is 1. The molecule has 3 aromatic rings. The van der Waals surface area contributed by atoms with Crippen molar-refractivity contribution >= 4 is 44.7 Å². The van der Waals surface area contributed by atoms with E-state index in [9.17, 15) is 19.7 Å². The summed E-state index contributed by atoms with van der Waals surface area (Å²) in [5.74, 6) is -0.00784. The van der Waals surface area contributed by atoms with Crippen molar-refractivity contribution in [3.63, 3.8) is 0 Å². The lowest BCUT2D eigenvalue weighted by molar-refractivity contribution is -0.384. The van der Waals surface area contributed by atoms with E-state index in [1.54, 1.807) is 25.1 Å². The van der Waals surface area contributed by atoms with Gasteiger partial charge >= 0.3 is 5.97 Å². The molecule has 10 nitrogen and oxygen atoms in total. The molecular formula is C23H23BrN4O6. The molecular weight excluding hydrogens is 508 g/mol. The number of non-ortho nitro benzene ring substituents is 1. The molecule has 0 spiro atoms. The molecule has 0 aliphatic carbocycles. The van der Waals surface area contributed by atoms with Crippen LogP contribution >= 0.6 is 15.9 Å². The second kappa shape index (κ2) is 10.1. The first-order valence-corrected chi connectivity index (χ1v) is 11.1. The van der Waals surface area contributed by atoms with Crippen LogP contribution in [0.3, 0.4) is 0 Å². The smallest absolute Gasteiger partial charge is 0.344 e. The maximum atomic E-state index is 13.3. The van der Waals surface area contributed by atoms with E-state index in [0.29, 0.717) is 21.2 Å². The number of benzene rings is 2. The molecule has 1 aromatic heterocycles. The maximum absolute atomic E-state index is 13.3. The molecule has 11 heteroatoms. The van der Waals surface area contributed by atoms with Crippen LogP contribution in [0.25, 0.3) is 10.9 Å². The summed E-state index contributed by atoms with van der Waals surface area (Å²) in [6, 6.07) is 9.06. The van der Waals surface area contributed by atoms with Gasteiger partial charge in [0.2, 0.25) is 0 Å². The van der Waals surface area contributed by atoms with Gasteiger partial charge in [-0.2, -0.15) is 9.78 Å². The van der Waals surface area contributed by atoms with Gasteiger partial charge in [0.15, 0.2) is 6.61 Å². The minimum Gasteiger partial charge on any atom is -0.481 e. The van der Waals surface area contributed by atoms with Crippen molar-refractivity contribution in [1.29, 1.82) is 0 Å². The fraction of sp³-hybridized carbons (Fsp3) is 0.304. The van der Waals surface area contributed by atoms with Crippen LogP contribution in [-0.2, 0) is 14.9 Å². The summed E-state index contributed by atoms with van der Waals surface area (Å²) in [4.78, 5) is 40.4. The van der Waals surface area contributed by atoms with E-state index in [1.165, 1.54) is 29.1 Å². The van der Waals surface area contributed by atoms with Gasteiger partial charge in [-0.15, -0.1) is 0 Å². The number of nitro benzene ring substituents is 1. The van der Waals surface area contributed by atoms with E-state index in [1.807, 2.05) is 20.8 Å². The van der Waals surface area contributed by atoms with E-state index < -0.39 is 21.9 Å². The molecule has 0 aliphatic rings. The van der Waals surface area contributed by atoms with Crippen molar-refractivity contribution in [3.05, 3.63) is 72.7 Å². The standard InChI is InChI=1S/C23H23BrN4O6/c1-5-33-20(29)13-34-19-9-7-16(28(31)32)10-14(19)12-25-27-21(30)17-11-15(24)6-8-18(17)26-22(27)23(2,3)4/h6-12H,5,13H2,1-4H3. The number of carbonyl (C=O) groups is 1. The molecule has 0 fully saturated rings. The SMILES string of the molecule is CCOC(=O)COc1ccc([N+](=O)[O-])cc1C=Nn1c(C(C)(C)C)nc2ccc(Br)cc2c1=O. The van der Waals surface area contributed by atoms with Gasteiger partial charge in [-0.3, -0.25) is 14.9 Å². The van der Waals surface area contributed by atoms with Crippen molar-refractivity contribution in [2.24, 2.45) is 5.10 Å². The molecule has 0 saturated heterocycles. The van der Waals surface area contributed by atoms with Crippen LogP contribution in [0.5, 0.6) is 5.75 Å². The number of halogens is 1. The Balaban J connectivity index is 2.13. The zero-order valence-electron chi connectivity index (χ0n) is 19.1. The molecule has 0 saturated carbocycles. The second-order valence-corrected chi connectivity index (χ2v) is 9.20. The number of carbonyl (C=O) groups excluding carboxylic acids is 1. The Labute approximate surface area is 203 Å². The highest BCUT2D eigenvalue weighted by atomic mass is 79.9. The number of hydrogen-bond donors (Lipinski definition) is 0. The second-order valence-electron chi connectivity index (χ2n) is 8.28. The van der Waals surface area contributed by atoms with Gasteiger partial charge in [-0.1, -0.05) is 36.7 Å². The summed E-state index contributed by atoms with van der Waals surface area (Å²) >= 11 is 3.36. The predicted molar refractivity (Wildman–Crippen MR) is 131 cm³/mol. The Morgan fingerprint density at radius 3 is 2.65 bits per heavy atom. The average Bonchev–Trinajstić information content (AvgIpc) is 2.77. The normalized spacial score (nSPS) is 11.7. The Morgan fingerprint density at radius 2 is 2.00 bits per heavy atom. The fourth-order valence-electron chi connectivity index (χ4n) is 3.08. The summed E-state index contributed by atoms with van der Waals surface area (Å²) < 4.78 is 12.2. The largest absolute Gasteiger partial charge is 0.481 e. The lowest BCUT2D eigenvalue weighted by Crippen LogP contribution is -2.29. The summed E-state index contributed by atoms with van der Waals surface area (Å²) in [7, 11) is 0. The number of ether oxygens (including phenoxy) is 2. The summed E-state index contributed by atoms with van der Waals surface area (Å²) in [5.41, 5.74) is -0.400. The minimum absolute atomic E-state index is 0.171. The van der Waals surface area contributed by atoms with Crippen molar-refractivity contribution in [2.45, 2.75) is 33.1 Å². The zero-order chi connectivity index (χ0) is 25.0. The molecule has 178 valence electrons. The van der Waals surface area contributed by atoms with Crippen LogP contribution < -0.4 is 10.3 Å². The van der Waals surface area contributed by atoms with Crippen LogP contribution in [0.4, 0.5) is 5.69 Å². The van der Waals surface area contributed by atoms with Gasteiger partial charge in [0, 0.05) is 27.6 Å². The first kappa shape index (κ1) is 25.0. The van der Waals surface area contributed by atoms with Crippen molar-refractivity contribution in [3.8, 4) is 5.75 Å². The van der Waals surface area contributed by atoms with Crippen LogP contribution in [0.2, 0.25) is 0 Å². The third kappa shape index (κ3) is 5.66. The topological polar surface area (TPSA) is 126 Å². The molecule has 0 atom stereocenters. The first-order valence-electron chi connectivity index (χ1n) is 10.3. The first-order chi connectivity index (χ1) is 16.0. The number of nitro groups is 1. The van der Waals surface area contributed by atoms with E-state index >= 15 is 0 Å². The van der Waals surface area contributed by atoms with Crippen LogP contribution in [0.15, 0.2) is 50.8 Å². The van der Waals surface area contributed by atoms with Gasteiger partial charge in [-0.25, -0.2) is 9.78 Å². The quantitative estimate of drug-likeness (QED) is 0.194. The summed E-state index contributed by atoms with van der Waals surface area (Å²) in [6.45, 7) is 7.17. The van der Waals surface area contributed by atoms with E-state index in [4.69, 9.17) is 9.47 Å². The monoisotopic (exact) mass is 530 g/mol. The minimum atomic E-state index is -0.584. The van der Waals surface area contributed by atoms with Gasteiger partial charge < -0.3 is 9.47 Å².